The molecule has 3 heteroatoms. The van der Waals surface area contributed by atoms with Crippen LogP contribution in [0.25, 0.3) is 10.9 Å². The van der Waals surface area contributed by atoms with E-state index < -0.39 is 0 Å². The second-order valence-corrected chi connectivity index (χ2v) is 7.05. The van der Waals surface area contributed by atoms with E-state index in [0.29, 0.717) is 0 Å². The normalized spacial score (nSPS) is 15.6. The van der Waals surface area contributed by atoms with Crippen molar-refractivity contribution in [1.82, 2.24) is 9.47 Å². The summed E-state index contributed by atoms with van der Waals surface area (Å²) in [7, 11) is 2.19. The summed E-state index contributed by atoms with van der Waals surface area (Å²) in [6, 6.07) is 17.0. The molecule has 25 heavy (non-hydrogen) atoms. The predicted octanol–water partition coefficient (Wildman–Crippen LogP) is 3.92. The van der Waals surface area contributed by atoms with Crippen LogP contribution < -0.4 is 0 Å². The van der Waals surface area contributed by atoms with Gasteiger partial charge in [-0.05, 0) is 42.6 Å². The van der Waals surface area contributed by atoms with E-state index in [0.717, 1.165) is 43.6 Å². The number of rotatable bonds is 0. The largest absolute Gasteiger partial charge is 0.306 e. The van der Waals surface area contributed by atoms with Gasteiger partial charge in [0, 0.05) is 37.5 Å². The molecule has 0 spiro atoms. The minimum Gasteiger partial charge on any atom is -0.306 e. The molecular formula is C22H24N2O. The molecular weight excluding hydrogens is 308 g/mol. The predicted molar refractivity (Wildman–Crippen MR) is 102 cm³/mol. The zero-order valence-electron chi connectivity index (χ0n) is 15.0. The lowest BCUT2D eigenvalue weighted by molar-refractivity contribution is 0.0939. The smallest absolute Gasteiger partial charge is 0.228 e. The molecule has 3 aromatic rings. The van der Waals surface area contributed by atoms with E-state index in [1.807, 2.05) is 10.6 Å². The van der Waals surface area contributed by atoms with Gasteiger partial charge in [-0.15, -0.1) is 0 Å². The van der Waals surface area contributed by atoms with Crippen molar-refractivity contribution in [2.75, 3.05) is 20.1 Å². The molecule has 128 valence electrons. The molecule has 4 rings (SSSR count). The number of aromatic nitrogens is 1. The number of likely N-dealkylation sites (N-methyl/N-ethyl adjacent to an activating group) is 1. The van der Waals surface area contributed by atoms with Gasteiger partial charge >= 0.3 is 0 Å². The number of para-hydroxylation sites is 1. The molecule has 0 aliphatic carbocycles. The number of carbonyl (C=O) groups is 1. The van der Waals surface area contributed by atoms with Gasteiger partial charge in [-0.25, -0.2) is 0 Å². The summed E-state index contributed by atoms with van der Waals surface area (Å²) < 4.78 is 1.93. The lowest BCUT2D eigenvalue weighted by Gasteiger charge is -2.21. The third kappa shape index (κ3) is 2.89. The maximum absolute atomic E-state index is 12.5. The molecule has 0 radical (unpaired) electrons. The summed E-state index contributed by atoms with van der Waals surface area (Å²) in [5.41, 5.74) is 6.26. The quantitative estimate of drug-likeness (QED) is 0.623. The van der Waals surface area contributed by atoms with Crippen molar-refractivity contribution < 1.29 is 4.79 Å². The van der Waals surface area contributed by atoms with Gasteiger partial charge in [0.05, 0.1) is 5.52 Å². The van der Waals surface area contributed by atoms with Crippen molar-refractivity contribution in [3.05, 3.63) is 70.9 Å². The summed E-state index contributed by atoms with van der Waals surface area (Å²) in [6.45, 7) is 3.75. The Labute approximate surface area is 148 Å². The molecule has 1 aromatic heterocycles. The molecule has 1 aliphatic rings. The Bertz CT molecular complexity index is 938. The molecule has 0 fully saturated rings. The van der Waals surface area contributed by atoms with Gasteiger partial charge in [-0.2, -0.15) is 0 Å². The minimum atomic E-state index is 0.0975. The van der Waals surface area contributed by atoms with Crippen LogP contribution in [0.2, 0.25) is 0 Å². The monoisotopic (exact) mass is 332 g/mol. The van der Waals surface area contributed by atoms with Crippen molar-refractivity contribution in [2.24, 2.45) is 0 Å². The zero-order valence-corrected chi connectivity index (χ0v) is 15.0. The second kappa shape index (κ2) is 6.49. The van der Waals surface area contributed by atoms with Crippen LogP contribution in [0.3, 0.4) is 0 Å². The van der Waals surface area contributed by atoms with Crippen LogP contribution in [0, 0.1) is 0 Å². The van der Waals surface area contributed by atoms with Crippen molar-refractivity contribution in [1.29, 1.82) is 0 Å². The van der Waals surface area contributed by atoms with E-state index in [2.05, 4.69) is 54.4 Å². The third-order valence-corrected chi connectivity index (χ3v) is 5.39. The zero-order chi connectivity index (χ0) is 17.4. The van der Waals surface area contributed by atoms with Crippen LogP contribution in [0.4, 0.5) is 0 Å². The van der Waals surface area contributed by atoms with Gasteiger partial charge in [0.2, 0.25) is 5.91 Å². The molecule has 0 N–H and O–H groups in total. The van der Waals surface area contributed by atoms with Gasteiger partial charge in [-0.1, -0.05) is 42.5 Å². The third-order valence-electron chi connectivity index (χ3n) is 5.39. The lowest BCUT2D eigenvalue weighted by Crippen LogP contribution is -2.25. The van der Waals surface area contributed by atoms with Crippen LogP contribution in [0.15, 0.2) is 48.5 Å². The van der Waals surface area contributed by atoms with E-state index in [9.17, 15) is 4.79 Å². The Kier molecular flexibility index (Phi) is 4.18. The summed E-state index contributed by atoms with van der Waals surface area (Å²) in [5.74, 6) is 0.0975. The summed E-state index contributed by atoms with van der Waals surface area (Å²) in [5, 5.41) is 1.22. The average Bonchev–Trinajstić information content (AvgIpc) is 2.92. The first-order valence-electron chi connectivity index (χ1n) is 9.02. The number of hydrogen-bond acceptors (Lipinski definition) is 2. The Morgan fingerprint density at radius 1 is 0.920 bits per heavy atom. The highest BCUT2D eigenvalue weighted by Crippen LogP contribution is 2.30. The average molecular weight is 332 g/mol. The molecule has 0 saturated carbocycles. The van der Waals surface area contributed by atoms with Gasteiger partial charge in [0.15, 0.2) is 0 Å². The number of nitrogens with zero attached hydrogens (tertiary/aromatic N) is 2. The van der Waals surface area contributed by atoms with Gasteiger partial charge < -0.3 is 4.90 Å². The van der Waals surface area contributed by atoms with E-state index in [-0.39, 0.29) is 5.91 Å². The first-order valence-corrected chi connectivity index (χ1v) is 9.02. The Hall–Kier alpha value is -2.39. The van der Waals surface area contributed by atoms with Crippen LogP contribution in [-0.2, 0) is 19.3 Å². The number of carbonyl (C=O) groups excluding carboxylic acids is 1. The topological polar surface area (TPSA) is 25.2 Å². The fraction of sp³-hybridized carbons (Fsp3) is 0.318. The molecule has 3 nitrogen and oxygen atoms in total. The number of hydrogen-bond donors (Lipinski definition) is 0. The fourth-order valence-electron chi connectivity index (χ4n) is 4.06. The first kappa shape index (κ1) is 16.1. The standard InChI is InChI=1S/C22H24N2O/c1-16(25)24-21-10-6-5-9-19(21)20-12-14-23(2)13-11-17-7-3-4-8-18(17)15-22(20)24/h3-10H,11-15H2,1-2H3. The lowest BCUT2D eigenvalue weighted by atomic mass is 9.96. The minimum absolute atomic E-state index is 0.0975. The van der Waals surface area contributed by atoms with Crippen LogP contribution in [0.5, 0.6) is 0 Å². The van der Waals surface area contributed by atoms with Crippen molar-refractivity contribution in [3.8, 4) is 0 Å². The van der Waals surface area contributed by atoms with E-state index in [1.54, 1.807) is 6.92 Å². The molecule has 2 aromatic carbocycles. The molecule has 0 bridgehead atoms. The highest BCUT2D eigenvalue weighted by atomic mass is 16.1. The van der Waals surface area contributed by atoms with Crippen LogP contribution >= 0.6 is 0 Å². The summed E-state index contributed by atoms with van der Waals surface area (Å²) in [4.78, 5) is 14.9. The molecule has 0 unspecified atom stereocenters. The molecule has 0 amide bonds. The second-order valence-electron chi connectivity index (χ2n) is 7.05. The van der Waals surface area contributed by atoms with Crippen molar-refractivity contribution >= 4 is 16.8 Å². The Morgan fingerprint density at radius 2 is 1.60 bits per heavy atom. The van der Waals surface area contributed by atoms with Crippen molar-refractivity contribution in [3.63, 3.8) is 0 Å². The van der Waals surface area contributed by atoms with Gasteiger partial charge in [-0.3, -0.25) is 9.36 Å². The molecule has 1 aliphatic heterocycles. The molecule has 2 heterocycles. The number of benzene rings is 2. The highest BCUT2D eigenvalue weighted by molar-refractivity contribution is 5.95. The van der Waals surface area contributed by atoms with Gasteiger partial charge in [0.25, 0.3) is 0 Å². The van der Waals surface area contributed by atoms with E-state index >= 15 is 0 Å². The Morgan fingerprint density at radius 3 is 2.40 bits per heavy atom. The molecule has 0 saturated heterocycles. The van der Waals surface area contributed by atoms with E-state index in [1.165, 1.54) is 22.1 Å². The Balaban J connectivity index is 1.97. The van der Waals surface area contributed by atoms with Crippen LogP contribution in [-0.4, -0.2) is 35.5 Å². The maximum Gasteiger partial charge on any atom is 0.228 e. The van der Waals surface area contributed by atoms with Gasteiger partial charge in [0.1, 0.15) is 0 Å². The van der Waals surface area contributed by atoms with Crippen LogP contribution in [0.1, 0.15) is 34.1 Å². The van der Waals surface area contributed by atoms with Crippen molar-refractivity contribution in [2.45, 2.75) is 26.2 Å². The maximum atomic E-state index is 12.5. The van der Waals surface area contributed by atoms with E-state index in [4.69, 9.17) is 0 Å². The highest BCUT2D eigenvalue weighted by Gasteiger charge is 2.21. The first-order chi connectivity index (χ1) is 12.1. The summed E-state index contributed by atoms with van der Waals surface area (Å²) in [6.07, 6.45) is 2.86. The molecule has 0 atom stereocenters. The fourth-order valence-corrected chi connectivity index (χ4v) is 4.06. The summed E-state index contributed by atoms with van der Waals surface area (Å²) >= 11 is 0. The number of fused-ring (bicyclic) bond motifs is 4. The SMILES string of the molecule is CC(=O)n1c2c(c3ccccc31)CCN(C)CCc1ccccc1C2.